The van der Waals surface area contributed by atoms with Gasteiger partial charge in [0.2, 0.25) is 0 Å². The van der Waals surface area contributed by atoms with Crippen LogP contribution in [0, 0.1) is 5.92 Å². The van der Waals surface area contributed by atoms with E-state index in [-0.39, 0.29) is 12.8 Å². The zero-order valence-electron chi connectivity index (χ0n) is 14.5. The van der Waals surface area contributed by atoms with Gasteiger partial charge in [-0.2, -0.15) is 13.2 Å². The molecule has 4 nitrogen and oxygen atoms in total. The van der Waals surface area contributed by atoms with Crippen molar-refractivity contribution in [2.24, 2.45) is 5.92 Å². The molecule has 0 atom stereocenters. The summed E-state index contributed by atoms with van der Waals surface area (Å²) >= 11 is 0. The normalized spacial score (nSPS) is 19.2. The van der Waals surface area contributed by atoms with Gasteiger partial charge in [0.15, 0.2) is 0 Å². The molecule has 0 saturated carbocycles. The topological polar surface area (TPSA) is 47.5 Å². The van der Waals surface area contributed by atoms with E-state index in [1.807, 2.05) is 36.4 Å². The molecule has 7 heteroatoms. The zero-order chi connectivity index (χ0) is 18.6. The minimum atomic E-state index is -4.06. The van der Waals surface area contributed by atoms with E-state index in [4.69, 9.17) is 5.21 Å². The molecule has 1 aromatic carbocycles. The molecule has 3 rings (SSSR count). The Morgan fingerprint density at radius 2 is 1.73 bits per heavy atom. The number of likely N-dealkylation sites (tertiary alicyclic amines) is 1. The van der Waals surface area contributed by atoms with Crippen molar-refractivity contribution in [2.75, 3.05) is 18.4 Å². The van der Waals surface area contributed by atoms with Crippen molar-refractivity contribution in [3.8, 4) is 0 Å². The Hall–Kier alpha value is -1.99. The largest absolute Gasteiger partial charge is 0.391 e. The van der Waals surface area contributed by atoms with Crippen LogP contribution in [0.15, 0.2) is 47.8 Å². The lowest BCUT2D eigenvalue weighted by molar-refractivity contribution is -0.184. The molecule has 3 N–H and O–H groups in total. The zero-order valence-corrected chi connectivity index (χ0v) is 14.5. The number of piperidine rings is 1. The molecular weight excluding hydrogens is 343 g/mol. The van der Waals surface area contributed by atoms with Crippen LogP contribution in [0.5, 0.6) is 0 Å². The van der Waals surface area contributed by atoms with Gasteiger partial charge in [-0.1, -0.05) is 12.1 Å². The van der Waals surface area contributed by atoms with Gasteiger partial charge in [-0.25, -0.2) is 5.48 Å². The van der Waals surface area contributed by atoms with E-state index in [0.717, 1.165) is 35.5 Å². The molecule has 1 aliphatic carbocycles. The molecule has 0 bridgehead atoms. The van der Waals surface area contributed by atoms with E-state index in [9.17, 15) is 13.2 Å². The van der Waals surface area contributed by atoms with E-state index < -0.39 is 12.1 Å². The quantitative estimate of drug-likeness (QED) is 0.675. The maximum Gasteiger partial charge on any atom is 0.391 e. The molecule has 1 saturated heterocycles. The molecule has 0 amide bonds. The van der Waals surface area contributed by atoms with Crippen LogP contribution >= 0.6 is 0 Å². The number of hydroxylamine groups is 1. The van der Waals surface area contributed by atoms with E-state index >= 15 is 0 Å². The predicted octanol–water partition coefficient (Wildman–Crippen LogP) is 4.41. The Morgan fingerprint density at radius 3 is 2.27 bits per heavy atom. The minimum Gasteiger partial charge on any atom is -0.375 e. The van der Waals surface area contributed by atoms with Gasteiger partial charge in [-0.05, 0) is 55.5 Å². The van der Waals surface area contributed by atoms with Gasteiger partial charge in [-0.15, -0.1) is 0 Å². The number of hydrogen-bond acceptors (Lipinski definition) is 4. The number of halogens is 3. The van der Waals surface area contributed by atoms with Crippen molar-refractivity contribution in [3.63, 3.8) is 0 Å². The van der Waals surface area contributed by atoms with Crippen LogP contribution in [-0.4, -0.2) is 29.4 Å². The van der Waals surface area contributed by atoms with Crippen molar-refractivity contribution >= 4 is 5.69 Å². The maximum absolute atomic E-state index is 12.8. The highest BCUT2D eigenvalue weighted by Gasteiger charge is 2.41. The monoisotopic (exact) mass is 367 g/mol. The number of hydrogen-bond donors (Lipinski definition) is 3. The van der Waals surface area contributed by atoms with Crippen molar-refractivity contribution in [2.45, 2.75) is 38.4 Å². The fourth-order valence-corrected chi connectivity index (χ4v) is 3.47. The smallest absolute Gasteiger partial charge is 0.375 e. The first-order valence-electron chi connectivity index (χ1n) is 8.90. The van der Waals surface area contributed by atoms with Crippen LogP contribution in [0.2, 0.25) is 0 Å². The van der Waals surface area contributed by atoms with Crippen molar-refractivity contribution in [3.05, 3.63) is 53.4 Å². The first-order valence-corrected chi connectivity index (χ1v) is 8.90. The summed E-state index contributed by atoms with van der Waals surface area (Å²) in [4.78, 5) is 2.09. The van der Waals surface area contributed by atoms with Crippen LogP contribution < -0.4 is 10.8 Å². The SMILES string of the molecule is ONCc1ccc(NC2=CC=C(N3CCC(C(F)(F)F)CC3)CC2)cc1. The summed E-state index contributed by atoms with van der Waals surface area (Å²) < 4.78 is 38.3. The molecule has 1 fully saturated rings. The second-order valence-electron chi connectivity index (χ2n) is 6.81. The Labute approximate surface area is 151 Å². The van der Waals surface area contributed by atoms with E-state index in [1.165, 1.54) is 0 Å². The average molecular weight is 367 g/mol. The fourth-order valence-electron chi connectivity index (χ4n) is 3.47. The molecule has 2 aliphatic rings. The van der Waals surface area contributed by atoms with Crippen LogP contribution in [0.25, 0.3) is 0 Å². The molecule has 0 radical (unpaired) electrons. The van der Waals surface area contributed by atoms with Crippen molar-refractivity contribution < 1.29 is 18.4 Å². The van der Waals surface area contributed by atoms with Gasteiger partial charge in [0.25, 0.3) is 0 Å². The van der Waals surface area contributed by atoms with Gasteiger partial charge in [0, 0.05) is 36.7 Å². The third-order valence-corrected chi connectivity index (χ3v) is 5.03. The summed E-state index contributed by atoms with van der Waals surface area (Å²) in [7, 11) is 0. The molecule has 26 heavy (non-hydrogen) atoms. The molecular formula is C19H24F3N3O. The summed E-state index contributed by atoms with van der Waals surface area (Å²) in [6.07, 6.45) is 2.01. The highest BCUT2D eigenvalue weighted by Crippen LogP contribution is 2.36. The molecule has 0 aromatic heterocycles. The third-order valence-electron chi connectivity index (χ3n) is 5.03. The summed E-state index contributed by atoms with van der Waals surface area (Å²) in [5, 5.41) is 12.1. The standard InChI is InChI=1S/C19H24F3N3O/c20-19(21,22)15-9-11-25(12-10-15)18-7-5-17(6-8-18)24-16-3-1-14(2-4-16)13-23-26/h1-5,7,15,23-24,26H,6,8-13H2. The van der Waals surface area contributed by atoms with Crippen LogP contribution in [-0.2, 0) is 6.54 Å². The molecule has 1 aliphatic heterocycles. The number of allylic oxidation sites excluding steroid dienone is 4. The first-order chi connectivity index (χ1) is 12.5. The first kappa shape index (κ1) is 18.8. The Balaban J connectivity index is 1.54. The Morgan fingerprint density at radius 1 is 1.04 bits per heavy atom. The summed E-state index contributed by atoms with van der Waals surface area (Å²) in [6.45, 7) is 1.36. The molecule has 1 aromatic rings. The molecule has 1 heterocycles. The lowest BCUT2D eigenvalue weighted by Gasteiger charge is -2.36. The summed E-state index contributed by atoms with van der Waals surface area (Å²) in [5.74, 6) is -1.15. The number of alkyl halides is 3. The predicted molar refractivity (Wildman–Crippen MR) is 94.4 cm³/mol. The highest BCUT2D eigenvalue weighted by atomic mass is 19.4. The number of rotatable bonds is 5. The number of nitrogens with zero attached hydrogens (tertiary/aromatic N) is 1. The van der Waals surface area contributed by atoms with Crippen molar-refractivity contribution in [1.29, 1.82) is 0 Å². The van der Waals surface area contributed by atoms with Gasteiger partial charge in [0.05, 0.1) is 5.92 Å². The second kappa shape index (κ2) is 8.14. The van der Waals surface area contributed by atoms with Crippen LogP contribution in [0.3, 0.4) is 0 Å². The van der Waals surface area contributed by atoms with Gasteiger partial charge in [0.1, 0.15) is 0 Å². The number of benzene rings is 1. The van der Waals surface area contributed by atoms with Crippen LogP contribution in [0.4, 0.5) is 18.9 Å². The lowest BCUT2D eigenvalue weighted by Crippen LogP contribution is -2.38. The third kappa shape index (κ3) is 4.80. The van der Waals surface area contributed by atoms with E-state index in [2.05, 4.69) is 15.7 Å². The average Bonchev–Trinajstić information content (AvgIpc) is 2.64. The number of nitrogens with one attached hydrogen (secondary N) is 2. The Bertz CT molecular complexity index is 660. The molecule has 142 valence electrons. The van der Waals surface area contributed by atoms with Gasteiger partial charge < -0.3 is 15.4 Å². The second-order valence-corrected chi connectivity index (χ2v) is 6.81. The highest BCUT2D eigenvalue weighted by molar-refractivity contribution is 5.50. The van der Waals surface area contributed by atoms with E-state index in [1.54, 1.807) is 0 Å². The molecule has 0 unspecified atom stereocenters. The lowest BCUT2D eigenvalue weighted by atomic mass is 9.95. The number of anilines is 1. The van der Waals surface area contributed by atoms with Gasteiger partial charge in [-0.3, -0.25) is 0 Å². The summed E-state index contributed by atoms with van der Waals surface area (Å²) in [5.41, 5.74) is 6.30. The molecule has 0 spiro atoms. The van der Waals surface area contributed by atoms with Crippen LogP contribution in [0.1, 0.15) is 31.2 Å². The van der Waals surface area contributed by atoms with Gasteiger partial charge >= 0.3 is 6.18 Å². The minimum absolute atomic E-state index is 0.185. The van der Waals surface area contributed by atoms with Crippen molar-refractivity contribution in [1.82, 2.24) is 10.4 Å². The maximum atomic E-state index is 12.8. The fraction of sp³-hybridized carbons (Fsp3) is 0.474. The van der Waals surface area contributed by atoms with E-state index in [0.29, 0.717) is 19.6 Å². The Kier molecular flexibility index (Phi) is 5.88. The summed E-state index contributed by atoms with van der Waals surface area (Å²) in [6, 6.07) is 7.77.